The van der Waals surface area contributed by atoms with Gasteiger partial charge in [0.25, 0.3) is 5.91 Å². The normalized spacial score (nSPS) is 10.8. The minimum absolute atomic E-state index is 0.179. The molecule has 1 N–H and O–H groups in total. The number of carbonyl (C=O) groups excluding carboxylic acids is 1. The van der Waals surface area contributed by atoms with E-state index >= 15 is 0 Å². The van der Waals surface area contributed by atoms with E-state index in [1.807, 2.05) is 42.5 Å². The smallest absolute Gasteiger partial charge is 0.256 e. The second-order valence-corrected chi connectivity index (χ2v) is 6.93. The lowest BCUT2D eigenvalue weighted by molar-refractivity contribution is 0.102. The molecule has 4 aromatic rings. The molecule has 1 heterocycles. The highest BCUT2D eigenvalue weighted by Crippen LogP contribution is 2.27. The topological polar surface area (TPSA) is 55.1 Å². The van der Waals surface area contributed by atoms with E-state index in [1.54, 1.807) is 24.3 Å². The van der Waals surface area contributed by atoms with Crippen LogP contribution in [0.2, 0.25) is 5.02 Å². The molecule has 6 heteroatoms. The number of nitrogens with zero attached hydrogens (tertiary/aromatic N) is 1. The van der Waals surface area contributed by atoms with Gasteiger partial charge in [0, 0.05) is 20.7 Å². The van der Waals surface area contributed by atoms with E-state index in [1.165, 1.54) is 0 Å². The van der Waals surface area contributed by atoms with Crippen LogP contribution in [0, 0.1) is 0 Å². The first-order valence-electron chi connectivity index (χ1n) is 7.82. The van der Waals surface area contributed by atoms with Crippen LogP contribution in [-0.4, -0.2) is 10.9 Å². The Morgan fingerprint density at radius 1 is 1.04 bits per heavy atom. The van der Waals surface area contributed by atoms with Crippen molar-refractivity contribution in [3.8, 4) is 11.5 Å². The summed E-state index contributed by atoms with van der Waals surface area (Å²) in [6.45, 7) is 0. The number of aromatic nitrogens is 1. The first kappa shape index (κ1) is 16.8. The number of nitrogens with one attached hydrogen (secondary N) is 1. The summed E-state index contributed by atoms with van der Waals surface area (Å²) in [6.07, 6.45) is 0. The fourth-order valence-corrected chi connectivity index (χ4v) is 3.20. The Labute approximate surface area is 162 Å². The van der Waals surface area contributed by atoms with Crippen LogP contribution in [0.5, 0.6) is 0 Å². The maximum atomic E-state index is 12.4. The Balaban J connectivity index is 1.56. The van der Waals surface area contributed by atoms with E-state index in [2.05, 4.69) is 26.2 Å². The second kappa shape index (κ2) is 6.94. The van der Waals surface area contributed by atoms with Crippen molar-refractivity contribution in [1.82, 2.24) is 4.98 Å². The van der Waals surface area contributed by atoms with Crippen LogP contribution in [0.1, 0.15) is 10.4 Å². The summed E-state index contributed by atoms with van der Waals surface area (Å²) in [5, 5.41) is 3.49. The minimum atomic E-state index is -0.179. The van der Waals surface area contributed by atoms with Gasteiger partial charge < -0.3 is 9.73 Å². The van der Waals surface area contributed by atoms with E-state index in [0.29, 0.717) is 33.3 Å². The van der Waals surface area contributed by atoms with Crippen LogP contribution >= 0.6 is 27.5 Å². The van der Waals surface area contributed by atoms with E-state index in [-0.39, 0.29) is 5.91 Å². The number of anilines is 1. The number of benzene rings is 3. The average Bonchev–Trinajstić information content (AvgIpc) is 3.05. The Morgan fingerprint density at radius 3 is 2.58 bits per heavy atom. The zero-order chi connectivity index (χ0) is 18.1. The van der Waals surface area contributed by atoms with E-state index in [9.17, 15) is 4.79 Å². The predicted octanol–water partition coefficient (Wildman–Crippen LogP) is 6.16. The SMILES string of the molecule is O=C(Nc1ccc(-c2nc3cc(Cl)ccc3o2)cc1)c1ccccc1Br. The van der Waals surface area contributed by atoms with Gasteiger partial charge in [0.15, 0.2) is 5.58 Å². The lowest BCUT2D eigenvalue weighted by Gasteiger charge is -2.07. The molecule has 26 heavy (non-hydrogen) atoms. The fourth-order valence-electron chi connectivity index (χ4n) is 2.56. The molecule has 4 rings (SSSR count). The summed E-state index contributed by atoms with van der Waals surface area (Å²) in [6, 6.07) is 19.9. The first-order valence-corrected chi connectivity index (χ1v) is 9.00. The van der Waals surface area contributed by atoms with E-state index in [0.717, 1.165) is 10.0 Å². The zero-order valence-corrected chi connectivity index (χ0v) is 15.7. The quantitative estimate of drug-likeness (QED) is 0.426. The van der Waals surface area contributed by atoms with Crippen molar-refractivity contribution in [2.45, 2.75) is 0 Å². The number of amides is 1. The first-order chi connectivity index (χ1) is 12.6. The van der Waals surface area contributed by atoms with Crippen molar-refractivity contribution in [3.63, 3.8) is 0 Å². The van der Waals surface area contributed by atoms with Crippen molar-refractivity contribution in [2.75, 3.05) is 5.32 Å². The molecule has 0 aliphatic heterocycles. The molecule has 0 bridgehead atoms. The molecule has 0 saturated heterocycles. The highest BCUT2D eigenvalue weighted by Gasteiger charge is 2.11. The molecule has 0 unspecified atom stereocenters. The van der Waals surface area contributed by atoms with Gasteiger partial charge in [-0.1, -0.05) is 23.7 Å². The van der Waals surface area contributed by atoms with Gasteiger partial charge in [-0.2, -0.15) is 0 Å². The molecule has 0 spiro atoms. The second-order valence-electron chi connectivity index (χ2n) is 5.64. The van der Waals surface area contributed by atoms with Crippen molar-refractivity contribution in [2.24, 2.45) is 0 Å². The van der Waals surface area contributed by atoms with Crippen LogP contribution < -0.4 is 5.32 Å². The molecule has 0 saturated carbocycles. The zero-order valence-electron chi connectivity index (χ0n) is 13.4. The monoisotopic (exact) mass is 426 g/mol. The Morgan fingerprint density at radius 2 is 1.81 bits per heavy atom. The highest BCUT2D eigenvalue weighted by molar-refractivity contribution is 9.10. The van der Waals surface area contributed by atoms with Crippen LogP contribution in [0.4, 0.5) is 5.69 Å². The number of carbonyl (C=O) groups is 1. The van der Waals surface area contributed by atoms with Gasteiger partial charge in [0.05, 0.1) is 5.56 Å². The molecule has 3 aromatic carbocycles. The summed E-state index contributed by atoms with van der Waals surface area (Å²) in [5.41, 5.74) is 3.46. The lowest BCUT2D eigenvalue weighted by atomic mass is 10.2. The highest BCUT2D eigenvalue weighted by atomic mass is 79.9. The third-order valence-electron chi connectivity index (χ3n) is 3.86. The van der Waals surface area contributed by atoms with E-state index < -0.39 is 0 Å². The third kappa shape index (κ3) is 3.36. The number of oxazole rings is 1. The molecule has 128 valence electrons. The van der Waals surface area contributed by atoms with E-state index in [4.69, 9.17) is 16.0 Å². The molecule has 0 atom stereocenters. The van der Waals surface area contributed by atoms with Crippen molar-refractivity contribution in [3.05, 3.63) is 81.8 Å². The van der Waals surface area contributed by atoms with Gasteiger partial charge in [0.2, 0.25) is 5.89 Å². The summed E-state index contributed by atoms with van der Waals surface area (Å²) in [5.74, 6) is 0.327. The largest absolute Gasteiger partial charge is 0.436 e. The average molecular weight is 428 g/mol. The summed E-state index contributed by atoms with van der Waals surface area (Å²) >= 11 is 9.36. The van der Waals surface area contributed by atoms with Crippen molar-refractivity contribution in [1.29, 1.82) is 0 Å². The summed E-state index contributed by atoms with van der Waals surface area (Å²) in [4.78, 5) is 16.8. The van der Waals surface area contributed by atoms with Crippen LogP contribution in [0.25, 0.3) is 22.6 Å². The Hall–Kier alpha value is -2.63. The van der Waals surface area contributed by atoms with Crippen molar-refractivity contribution >= 4 is 50.2 Å². The van der Waals surface area contributed by atoms with Gasteiger partial charge >= 0.3 is 0 Å². The molecular formula is C20H12BrClN2O2. The minimum Gasteiger partial charge on any atom is -0.436 e. The van der Waals surface area contributed by atoms with Crippen LogP contribution in [0.3, 0.4) is 0 Å². The van der Waals surface area contributed by atoms with Gasteiger partial charge in [-0.15, -0.1) is 0 Å². The summed E-state index contributed by atoms with van der Waals surface area (Å²) in [7, 11) is 0. The molecule has 1 aromatic heterocycles. The van der Waals surface area contributed by atoms with Gasteiger partial charge in [-0.3, -0.25) is 4.79 Å². The molecular weight excluding hydrogens is 416 g/mol. The molecule has 4 nitrogen and oxygen atoms in total. The number of rotatable bonds is 3. The number of fused-ring (bicyclic) bond motifs is 1. The van der Waals surface area contributed by atoms with Crippen molar-refractivity contribution < 1.29 is 9.21 Å². The number of halogens is 2. The summed E-state index contributed by atoms with van der Waals surface area (Å²) < 4.78 is 6.50. The van der Waals surface area contributed by atoms with Gasteiger partial charge in [0.1, 0.15) is 5.52 Å². The number of hydrogen-bond donors (Lipinski definition) is 1. The molecule has 0 aliphatic carbocycles. The maximum Gasteiger partial charge on any atom is 0.256 e. The Bertz CT molecular complexity index is 1110. The maximum absolute atomic E-state index is 12.4. The Kier molecular flexibility index (Phi) is 4.49. The fraction of sp³-hybridized carbons (Fsp3) is 0. The van der Waals surface area contributed by atoms with Gasteiger partial charge in [-0.05, 0) is 70.5 Å². The third-order valence-corrected chi connectivity index (χ3v) is 4.78. The molecule has 0 radical (unpaired) electrons. The standard InChI is InChI=1S/C20H12BrClN2O2/c21-16-4-2-1-3-15(16)19(25)23-14-8-5-12(6-9-14)20-24-17-11-13(22)7-10-18(17)26-20/h1-11H,(H,23,25). The van der Waals surface area contributed by atoms with Crippen LogP contribution in [0.15, 0.2) is 75.6 Å². The number of hydrogen-bond acceptors (Lipinski definition) is 3. The van der Waals surface area contributed by atoms with Gasteiger partial charge in [-0.25, -0.2) is 4.98 Å². The lowest BCUT2D eigenvalue weighted by Crippen LogP contribution is -2.12. The predicted molar refractivity (Wildman–Crippen MR) is 107 cm³/mol. The molecule has 0 fully saturated rings. The molecule has 0 aliphatic rings. The molecule has 1 amide bonds. The van der Waals surface area contributed by atoms with Crippen LogP contribution in [-0.2, 0) is 0 Å².